The summed E-state index contributed by atoms with van der Waals surface area (Å²) in [4.78, 5) is 11.6. The summed E-state index contributed by atoms with van der Waals surface area (Å²) in [5, 5.41) is 15.7. The Morgan fingerprint density at radius 3 is 2.75 bits per heavy atom. The van der Waals surface area contributed by atoms with Crippen molar-refractivity contribution in [3.8, 4) is 0 Å². The number of hydrogen-bond donors (Lipinski definition) is 2. The van der Waals surface area contributed by atoms with Crippen LogP contribution in [0.15, 0.2) is 28.8 Å². The van der Waals surface area contributed by atoms with Crippen LogP contribution in [0.3, 0.4) is 0 Å². The van der Waals surface area contributed by atoms with Gasteiger partial charge in [-0.15, -0.1) is 0 Å². The number of halogens is 2. The molecular formula is C13H12F2N2O3. The van der Waals surface area contributed by atoms with Gasteiger partial charge >= 0.3 is 0 Å². The average molecular weight is 282 g/mol. The molecule has 7 heteroatoms. The molecule has 0 saturated carbocycles. The van der Waals surface area contributed by atoms with E-state index in [1.165, 1.54) is 12.1 Å². The van der Waals surface area contributed by atoms with Crippen LogP contribution in [0.25, 0.3) is 0 Å². The van der Waals surface area contributed by atoms with Gasteiger partial charge < -0.3 is 14.9 Å². The number of amides is 1. The van der Waals surface area contributed by atoms with E-state index in [4.69, 9.17) is 4.52 Å². The van der Waals surface area contributed by atoms with Crippen LogP contribution in [0.1, 0.15) is 27.9 Å². The molecule has 0 aliphatic heterocycles. The van der Waals surface area contributed by atoms with Crippen LogP contribution in [0, 0.1) is 18.6 Å². The number of nitrogens with one attached hydrogen (secondary N) is 1. The number of carbonyl (C=O) groups is 1. The second kappa shape index (κ2) is 5.79. The van der Waals surface area contributed by atoms with E-state index in [1.807, 2.05) is 0 Å². The van der Waals surface area contributed by atoms with Gasteiger partial charge in [-0.2, -0.15) is 0 Å². The van der Waals surface area contributed by atoms with Crippen molar-refractivity contribution in [1.29, 1.82) is 0 Å². The fourth-order valence-electron chi connectivity index (χ4n) is 1.58. The smallest absolute Gasteiger partial charge is 0.290 e. The quantitative estimate of drug-likeness (QED) is 0.895. The summed E-state index contributed by atoms with van der Waals surface area (Å²) in [7, 11) is 0. The number of aliphatic hydroxyl groups excluding tert-OH is 1. The number of aryl methyl sites for hydroxylation is 1. The number of aliphatic hydroxyl groups is 1. The molecule has 20 heavy (non-hydrogen) atoms. The first-order valence-electron chi connectivity index (χ1n) is 5.82. The first-order chi connectivity index (χ1) is 9.47. The number of benzene rings is 1. The van der Waals surface area contributed by atoms with Gasteiger partial charge in [0.05, 0.1) is 11.8 Å². The molecule has 0 aliphatic rings. The second-order valence-corrected chi connectivity index (χ2v) is 4.23. The average Bonchev–Trinajstić information content (AvgIpc) is 2.85. The normalized spacial score (nSPS) is 12.2. The van der Waals surface area contributed by atoms with Gasteiger partial charge in [0.25, 0.3) is 5.91 Å². The summed E-state index contributed by atoms with van der Waals surface area (Å²) in [6.45, 7) is 1.50. The maximum atomic E-state index is 13.0. The lowest BCUT2D eigenvalue weighted by atomic mass is 10.1. The highest BCUT2D eigenvalue weighted by molar-refractivity contribution is 5.91. The standard InChI is InChI=1S/C13H12F2N2O3/c1-7-4-12(20-17-7)13(19)16-6-11(18)8-2-3-9(14)10(15)5-8/h2-5,11,18H,6H2,1H3,(H,16,19). The number of aromatic nitrogens is 1. The van der Waals surface area contributed by atoms with Crippen molar-refractivity contribution in [2.24, 2.45) is 0 Å². The summed E-state index contributed by atoms with van der Waals surface area (Å²) >= 11 is 0. The maximum Gasteiger partial charge on any atom is 0.290 e. The van der Waals surface area contributed by atoms with Crippen molar-refractivity contribution in [3.63, 3.8) is 0 Å². The molecule has 1 heterocycles. The number of hydrogen-bond acceptors (Lipinski definition) is 4. The summed E-state index contributed by atoms with van der Waals surface area (Å²) in [6, 6.07) is 4.48. The molecule has 2 rings (SSSR count). The number of carbonyl (C=O) groups excluding carboxylic acids is 1. The van der Waals surface area contributed by atoms with E-state index >= 15 is 0 Å². The molecule has 106 valence electrons. The van der Waals surface area contributed by atoms with Crippen molar-refractivity contribution in [2.45, 2.75) is 13.0 Å². The third-order valence-electron chi connectivity index (χ3n) is 2.64. The third kappa shape index (κ3) is 3.18. The lowest BCUT2D eigenvalue weighted by Gasteiger charge is -2.11. The minimum atomic E-state index is -1.15. The van der Waals surface area contributed by atoms with Gasteiger partial charge in [0.1, 0.15) is 0 Å². The van der Waals surface area contributed by atoms with Crippen LogP contribution < -0.4 is 5.32 Å². The van der Waals surface area contributed by atoms with Crippen LogP contribution in [-0.4, -0.2) is 22.7 Å². The van der Waals surface area contributed by atoms with Crippen molar-refractivity contribution in [3.05, 3.63) is 52.9 Å². The molecule has 0 aliphatic carbocycles. The largest absolute Gasteiger partial charge is 0.387 e. The van der Waals surface area contributed by atoms with Gasteiger partial charge in [0.2, 0.25) is 5.76 Å². The zero-order chi connectivity index (χ0) is 14.7. The second-order valence-electron chi connectivity index (χ2n) is 4.23. The lowest BCUT2D eigenvalue weighted by molar-refractivity contribution is 0.0880. The summed E-state index contributed by atoms with van der Waals surface area (Å²) in [5.74, 6) is -2.59. The Labute approximate surface area is 113 Å². The molecule has 0 bridgehead atoms. The monoisotopic (exact) mass is 282 g/mol. The summed E-state index contributed by atoms with van der Waals surface area (Å²) in [6.07, 6.45) is -1.15. The van der Waals surface area contributed by atoms with E-state index in [0.29, 0.717) is 5.69 Å². The molecule has 2 aromatic rings. The highest BCUT2D eigenvalue weighted by Crippen LogP contribution is 2.15. The first-order valence-corrected chi connectivity index (χ1v) is 5.82. The van der Waals surface area contributed by atoms with Crippen molar-refractivity contribution < 1.29 is 23.2 Å². The van der Waals surface area contributed by atoms with Gasteiger partial charge in [-0.3, -0.25) is 4.79 Å². The molecule has 2 N–H and O–H groups in total. The molecule has 0 spiro atoms. The Morgan fingerprint density at radius 2 is 2.15 bits per heavy atom. The van der Waals surface area contributed by atoms with Crippen LogP contribution in [0.4, 0.5) is 8.78 Å². The highest BCUT2D eigenvalue weighted by atomic mass is 19.2. The SMILES string of the molecule is Cc1cc(C(=O)NCC(O)c2ccc(F)c(F)c2)on1. The Kier molecular flexibility index (Phi) is 4.09. The summed E-state index contributed by atoms with van der Waals surface area (Å²) < 4.78 is 30.5. The van der Waals surface area contributed by atoms with Gasteiger partial charge in [-0.25, -0.2) is 8.78 Å². The molecule has 0 fully saturated rings. The molecule has 1 aromatic carbocycles. The topological polar surface area (TPSA) is 75.4 Å². The van der Waals surface area contributed by atoms with Crippen LogP contribution in [0.5, 0.6) is 0 Å². The Morgan fingerprint density at radius 1 is 1.40 bits per heavy atom. The molecule has 0 radical (unpaired) electrons. The van der Waals surface area contributed by atoms with Gasteiger partial charge in [0, 0.05) is 12.6 Å². The first kappa shape index (κ1) is 14.1. The van der Waals surface area contributed by atoms with E-state index in [-0.39, 0.29) is 17.9 Å². The Balaban J connectivity index is 1.96. The van der Waals surface area contributed by atoms with E-state index in [9.17, 15) is 18.7 Å². The van der Waals surface area contributed by atoms with Crippen LogP contribution in [-0.2, 0) is 0 Å². The maximum absolute atomic E-state index is 13.0. The van der Waals surface area contributed by atoms with Crippen LogP contribution >= 0.6 is 0 Å². The van der Waals surface area contributed by atoms with E-state index in [2.05, 4.69) is 10.5 Å². The van der Waals surface area contributed by atoms with Crippen LogP contribution in [0.2, 0.25) is 0 Å². The van der Waals surface area contributed by atoms with E-state index in [1.54, 1.807) is 6.92 Å². The lowest BCUT2D eigenvalue weighted by Crippen LogP contribution is -2.28. The predicted octanol–water partition coefficient (Wildman–Crippen LogP) is 1.72. The zero-order valence-electron chi connectivity index (χ0n) is 10.6. The molecular weight excluding hydrogens is 270 g/mol. The van der Waals surface area contributed by atoms with E-state index in [0.717, 1.165) is 12.1 Å². The van der Waals surface area contributed by atoms with Gasteiger partial charge in [0.15, 0.2) is 11.6 Å². The molecule has 1 unspecified atom stereocenters. The Bertz CT molecular complexity index is 628. The van der Waals surface area contributed by atoms with Crippen molar-refractivity contribution >= 4 is 5.91 Å². The molecule has 1 aromatic heterocycles. The van der Waals surface area contributed by atoms with Crippen molar-refractivity contribution in [2.75, 3.05) is 6.54 Å². The fourth-order valence-corrected chi connectivity index (χ4v) is 1.58. The fraction of sp³-hybridized carbons (Fsp3) is 0.231. The number of rotatable bonds is 4. The molecule has 1 atom stereocenters. The summed E-state index contributed by atoms with van der Waals surface area (Å²) in [5.41, 5.74) is 0.717. The van der Waals surface area contributed by atoms with E-state index < -0.39 is 23.6 Å². The molecule has 0 saturated heterocycles. The van der Waals surface area contributed by atoms with Gasteiger partial charge in [-0.05, 0) is 24.6 Å². The predicted molar refractivity (Wildman–Crippen MR) is 64.9 cm³/mol. The minimum Gasteiger partial charge on any atom is -0.387 e. The number of nitrogens with zero attached hydrogens (tertiary/aromatic N) is 1. The van der Waals surface area contributed by atoms with Crippen molar-refractivity contribution in [1.82, 2.24) is 10.5 Å². The highest BCUT2D eigenvalue weighted by Gasteiger charge is 2.15. The minimum absolute atomic E-state index is 0.0139. The molecule has 5 nitrogen and oxygen atoms in total. The molecule has 1 amide bonds. The third-order valence-corrected chi connectivity index (χ3v) is 2.64. The van der Waals surface area contributed by atoms with Gasteiger partial charge in [-0.1, -0.05) is 11.2 Å². The zero-order valence-corrected chi connectivity index (χ0v) is 10.6. The Hall–Kier alpha value is -2.28.